The molecule has 0 amide bonds. The first-order valence-corrected chi connectivity index (χ1v) is 11.7. The molecular formula is C28H26N4O3. The van der Waals surface area contributed by atoms with Gasteiger partial charge in [-0.05, 0) is 61.7 Å². The van der Waals surface area contributed by atoms with Crippen LogP contribution in [0.1, 0.15) is 42.1 Å². The lowest BCUT2D eigenvalue weighted by atomic mass is 10.1. The van der Waals surface area contributed by atoms with Gasteiger partial charge in [0.1, 0.15) is 17.2 Å². The molecule has 0 aliphatic rings. The van der Waals surface area contributed by atoms with Crippen LogP contribution in [0, 0.1) is 0 Å². The summed E-state index contributed by atoms with van der Waals surface area (Å²) in [6.45, 7) is 2.10. The Bertz CT molecular complexity index is 1520. The van der Waals surface area contributed by atoms with Crippen LogP contribution < -0.4 is 4.74 Å². The van der Waals surface area contributed by atoms with Crippen LogP contribution in [-0.4, -0.2) is 38.3 Å². The molecule has 7 heteroatoms. The lowest BCUT2D eigenvalue weighted by Crippen LogP contribution is -2.03. The number of carbonyl (C=O) groups excluding carboxylic acids is 2. The van der Waals surface area contributed by atoms with E-state index in [-0.39, 0.29) is 11.6 Å². The second kappa shape index (κ2) is 9.93. The summed E-state index contributed by atoms with van der Waals surface area (Å²) in [6, 6.07) is 21.1. The Morgan fingerprint density at radius 1 is 0.943 bits per heavy atom. The number of aromatic amines is 2. The zero-order valence-electron chi connectivity index (χ0n) is 19.5. The van der Waals surface area contributed by atoms with Crippen molar-refractivity contribution in [3.8, 4) is 17.3 Å². The minimum Gasteiger partial charge on any atom is -0.494 e. The maximum atomic E-state index is 12.8. The van der Waals surface area contributed by atoms with Gasteiger partial charge < -0.3 is 9.72 Å². The number of ether oxygens (including phenoxy) is 1. The van der Waals surface area contributed by atoms with Crippen LogP contribution in [0.2, 0.25) is 0 Å². The van der Waals surface area contributed by atoms with Crippen molar-refractivity contribution in [2.24, 2.45) is 0 Å². The Morgan fingerprint density at radius 2 is 1.83 bits per heavy atom. The number of hydrogen-bond acceptors (Lipinski definition) is 5. The van der Waals surface area contributed by atoms with Gasteiger partial charge >= 0.3 is 0 Å². The minimum absolute atomic E-state index is 0.0942. The summed E-state index contributed by atoms with van der Waals surface area (Å²) >= 11 is 0. The highest BCUT2D eigenvalue weighted by Crippen LogP contribution is 2.26. The largest absolute Gasteiger partial charge is 0.494 e. The molecule has 0 aliphatic carbocycles. The summed E-state index contributed by atoms with van der Waals surface area (Å²) in [7, 11) is 0. The van der Waals surface area contributed by atoms with Gasteiger partial charge in [0.05, 0.1) is 23.2 Å². The number of nitrogens with zero attached hydrogens (tertiary/aromatic N) is 2. The number of rotatable bonds is 10. The molecule has 3 aromatic carbocycles. The van der Waals surface area contributed by atoms with E-state index in [1.165, 1.54) is 0 Å². The molecule has 0 unspecified atom stereocenters. The van der Waals surface area contributed by atoms with Gasteiger partial charge in [0, 0.05) is 23.8 Å². The van der Waals surface area contributed by atoms with E-state index < -0.39 is 0 Å². The molecule has 0 atom stereocenters. The fraction of sp³-hybridized carbons (Fsp3) is 0.214. The van der Waals surface area contributed by atoms with Crippen LogP contribution in [0.15, 0.2) is 66.7 Å². The van der Waals surface area contributed by atoms with Gasteiger partial charge in [0.2, 0.25) is 0 Å². The van der Waals surface area contributed by atoms with Crippen molar-refractivity contribution in [1.82, 2.24) is 20.2 Å². The van der Waals surface area contributed by atoms with Gasteiger partial charge in [0.15, 0.2) is 11.6 Å². The maximum Gasteiger partial charge on any atom is 0.162 e. The van der Waals surface area contributed by atoms with E-state index in [4.69, 9.17) is 4.74 Å². The first-order valence-electron chi connectivity index (χ1n) is 11.7. The van der Waals surface area contributed by atoms with Gasteiger partial charge in [-0.15, -0.1) is 0 Å². The van der Waals surface area contributed by atoms with Crippen molar-refractivity contribution in [2.75, 3.05) is 6.61 Å². The molecule has 7 nitrogen and oxygen atoms in total. The van der Waals surface area contributed by atoms with E-state index >= 15 is 0 Å². The van der Waals surface area contributed by atoms with Crippen molar-refractivity contribution in [2.45, 2.75) is 32.6 Å². The molecule has 5 rings (SSSR count). The van der Waals surface area contributed by atoms with Crippen molar-refractivity contribution in [3.63, 3.8) is 0 Å². The molecule has 35 heavy (non-hydrogen) atoms. The van der Waals surface area contributed by atoms with E-state index in [9.17, 15) is 9.59 Å². The Morgan fingerprint density at radius 3 is 2.71 bits per heavy atom. The van der Waals surface area contributed by atoms with Crippen LogP contribution >= 0.6 is 0 Å². The molecule has 5 aromatic rings. The first kappa shape index (κ1) is 22.5. The monoisotopic (exact) mass is 466 g/mol. The van der Waals surface area contributed by atoms with E-state index in [0.717, 1.165) is 51.8 Å². The second-order valence-electron chi connectivity index (χ2n) is 8.69. The van der Waals surface area contributed by atoms with Crippen LogP contribution in [-0.2, 0) is 11.2 Å². The van der Waals surface area contributed by atoms with Gasteiger partial charge in [-0.25, -0.2) is 4.98 Å². The van der Waals surface area contributed by atoms with Crippen LogP contribution in [0.4, 0.5) is 0 Å². The van der Waals surface area contributed by atoms with E-state index in [1.54, 1.807) is 6.92 Å². The number of nitrogens with one attached hydrogen (secondary N) is 2. The summed E-state index contributed by atoms with van der Waals surface area (Å²) in [5, 5.41) is 8.43. The number of H-pyrrole nitrogens is 2. The van der Waals surface area contributed by atoms with Crippen LogP contribution in [0.5, 0.6) is 5.75 Å². The number of Topliss-reactive ketones (excluding diaryl/α,β-unsaturated/α-hetero) is 2. The van der Waals surface area contributed by atoms with Crippen LogP contribution in [0.3, 0.4) is 0 Å². The number of fused-ring (bicyclic) bond motifs is 2. The van der Waals surface area contributed by atoms with Crippen molar-refractivity contribution >= 4 is 33.5 Å². The van der Waals surface area contributed by atoms with Crippen molar-refractivity contribution in [3.05, 3.63) is 77.9 Å². The third-order valence-corrected chi connectivity index (χ3v) is 5.92. The standard InChI is InChI=1S/C28H26N4O3/c1-18(33)15-19-7-6-8-21(16-19)35-14-5-4-11-26(34)20-12-13-24-25(17-20)30-28(29-24)27-22-9-2-3-10-23(22)31-32-27/h2-3,6-10,12-13,16-17H,4-5,11,14-15H2,1H3,(H,29,30)(H,31,32). The van der Waals surface area contributed by atoms with Crippen molar-refractivity contribution < 1.29 is 14.3 Å². The highest BCUT2D eigenvalue weighted by atomic mass is 16.5. The number of benzene rings is 3. The molecule has 2 heterocycles. The highest BCUT2D eigenvalue weighted by molar-refractivity contribution is 5.99. The molecule has 0 aliphatic heterocycles. The molecule has 0 radical (unpaired) electrons. The molecule has 2 aromatic heterocycles. The first-order chi connectivity index (χ1) is 17.1. The number of ketones is 2. The smallest absolute Gasteiger partial charge is 0.162 e. The Labute approximate surface area is 202 Å². The van der Waals surface area contributed by atoms with Crippen LogP contribution in [0.25, 0.3) is 33.5 Å². The zero-order chi connectivity index (χ0) is 24.2. The van der Waals surface area contributed by atoms with E-state index in [2.05, 4.69) is 20.2 Å². The number of para-hydroxylation sites is 1. The molecule has 0 bridgehead atoms. The van der Waals surface area contributed by atoms with Gasteiger partial charge in [-0.3, -0.25) is 14.7 Å². The third-order valence-electron chi connectivity index (χ3n) is 5.92. The number of hydrogen-bond donors (Lipinski definition) is 2. The van der Waals surface area contributed by atoms with E-state index in [0.29, 0.717) is 30.8 Å². The number of imidazole rings is 1. The molecular weight excluding hydrogens is 440 g/mol. The molecule has 176 valence electrons. The summed E-state index contributed by atoms with van der Waals surface area (Å²) in [6.07, 6.45) is 2.36. The lowest BCUT2D eigenvalue weighted by molar-refractivity contribution is -0.116. The normalized spacial score (nSPS) is 11.2. The number of carbonyl (C=O) groups is 2. The minimum atomic E-state index is 0.0942. The zero-order valence-corrected chi connectivity index (χ0v) is 19.5. The quantitative estimate of drug-likeness (QED) is 0.204. The fourth-order valence-corrected chi connectivity index (χ4v) is 4.19. The van der Waals surface area contributed by atoms with Gasteiger partial charge in [0.25, 0.3) is 0 Å². The Kier molecular flexibility index (Phi) is 6.39. The van der Waals surface area contributed by atoms with Crippen molar-refractivity contribution in [1.29, 1.82) is 0 Å². The summed E-state index contributed by atoms with van der Waals surface area (Å²) in [5.41, 5.74) is 4.93. The third kappa shape index (κ3) is 5.14. The maximum absolute atomic E-state index is 12.8. The fourth-order valence-electron chi connectivity index (χ4n) is 4.19. The summed E-state index contributed by atoms with van der Waals surface area (Å²) in [4.78, 5) is 32.0. The topological polar surface area (TPSA) is 101 Å². The molecule has 2 N–H and O–H groups in total. The summed E-state index contributed by atoms with van der Waals surface area (Å²) < 4.78 is 5.80. The molecule has 0 saturated heterocycles. The summed E-state index contributed by atoms with van der Waals surface area (Å²) in [5.74, 6) is 1.64. The van der Waals surface area contributed by atoms with Gasteiger partial charge in [-0.1, -0.05) is 30.3 Å². The predicted octanol–water partition coefficient (Wildman–Crippen LogP) is 5.67. The Hall–Kier alpha value is -4.26. The lowest BCUT2D eigenvalue weighted by Gasteiger charge is -2.07. The van der Waals surface area contributed by atoms with Gasteiger partial charge in [-0.2, -0.15) is 5.10 Å². The average molecular weight is 467 g/mol. The van der Waals surface area contributed by atoms with E-state index in [1.807, 2.05) is 66.7 Å². The SMILES string of the molecule is CC(=O)Cc1cccc(OCCCCC(=O)c2ccc3nc(-c4n[nH]c5ccccc45)[nH]c3c2)c1. The molecule has 0 spiro atoms. The molecule has 0 saturated carbocycles. The number of aromatic nitrogens is 4. The second-order valence-corrected chi connectivity index (χ2v) is 8.69. The molecule has 0 fully saturated rings. The number of unbranched alkanes of at least 4 members (excludes halogenated alkanes) is 1. The average Bonchev–Trinajstić information content (AvgIpc) is 3.47. The predicted molar refractivity (Wildman–Crippen MR) is 136 cm³/mol. The Balaban J connectivity index is 1.17. The highest BCUT2D eigenvalue weighted by Gasteiger charge is 2.14.